The van der Waals surface area contributed by atoms with Crippen molar-refractivity contribution in [3.63, 3.8) is 0 Å². The minimum absolute atomic E-state index is 0.135. The standard InChI is InChI=1S/C14H14FN3O/c1-17-7-6-13-14(10-2-4-11(15)5-3-10)12(8-19)16-18(13)9-17/h2-7,19H,8-9H2,1H3. The number of rotatable bonds is 2. The molecule has 0 fully saturated rings. The van der Waals surface area contributed by atoms with Crippen molar-refractivity contribution < 1.29 is 9.50 Å². The van der Waals surface area contributed by atoms with Gasteiger partial charge in [0.2, 0.25) is 0 Å². The first-order chi connectivity index (χ1) is 9.19. The smallest absolute Gasteiger partial charge is 0.123 e. The molecule has 98 valence electrons. The van der Waals surface area contributed by atoms with E-state index in [2.05, 4.69) is 5.10 Å². The van der Waals surface area contributed by atoms with E-state index in [1.807, 2.05) is 28.9 Å². The van der Waals surface area contributed by atoms with Gasteiger partial charge in [0.05, 0.1) is 18.0 Å². The van der Waals surface area contributed by atoms with Gasteiger partial charge in [0.25, 0.3) is 0 Å². The summed E-state index contributed by atoms with van der Waals surface area (Å²) in [5, 5.41) is 13.9. The zero-order valence-corrected chi connectivity index (χ0v) is 10.5. The van der Waals surface area contributed by atoms with Crippen LogP contribution in [0.4, 0.5) is 4.39 Å². The molecule has 2 aromatic rings. The molecule has 0 atom stereocenters. The Morgan fingerprint density at radius 1 is 1.32 bits per heavy atom. The number of aliphatic hydroxyl groups excluding tert-OH is 1. The number of hydrogen-bond donors (Lipinski definition) is 1. The lowest BCUT2D eigenvalue weighted by Gasteiger charge is -2.20. The van der Waals surface area contributed by atoms with Gasteiger partial charge in [-0.05, 0) is 23.8 Å². The molecule has 3 rings (SSSR count). The molecule has 0 saturated carbocycles. The summed E-state index contributed by atoms with van der Waals surface area (Å²) >= 11 is 0. The second-order valence-electron chi connectivity index (χ2n) is 4.59. The quantitative estimate of drug-likeness (QED) is 0.897. The van der Waals surface area contributed by atoms with Gasteiger partial charge in [0.1, 0.15) is 12.5 Å². The van der Waals surface area contributed by atoms with Crippen molar-refractivity contribution >= 4 is 6.08 Å². The van der Waals surface area contributed by atoms with Crippen LogP contribution in [0.5, 0.6) is 0 Å². The van der Waals surface area contributed by atoms with Gasteiger partial charge >= 0.3 is 0 Å². The molecule has 4 nitrogen and oxygen atoms in total. The first-order valence-corrected chi connectivity index (χ1v) is 6.04. The van der Waals surface area contributed by atoms with Crippen LogP contribution in [0.25, 0.3) is 17.2 Å². The third-order valence-electron chi connectivity index (χ3n) is 3.19. The highest BCUT2D eigenvalue weighted by Gasteiger charge is 2.19. The zero-order chi connectivity index (χ0) is 13.4. The molecule has 0 amide bonds. The minimum Gasteiger partial charge on any atom is -0.390 e. The first kappa shape index (κ1) is 11.9. The average molecular weight is 259 g/mol. The van der Waals surface area contributed by atoms with E-state index >= 15 is 0 Å². The Labute approximate surface area is 110 Å². The maximum atomic E-state index is 13.0. The molecule has 0 radical (unpaired) electrons. The molecule has 5 heteroatoms. The third-order valence-corrected chi connectivity index (χ3v) is 3.19. The summed E-state index contributed by atoms with van der Waals surface area (Å²) in [7, 11) is 1.96. The third kappa shape index (κ3) is 2.02. The normalized spacial score (nSPS) is 13.7. The van der Waals surface area contributed by atoms with Crippen LogP contribution in [0.15, 0.2) is 30.5 Å². The second-order valence-corrected chi connectivity index (χ2v) is 4.59. The molecule has 1 aromatic carbocycles. The Morgan fingerprint density at radius 3 is 2.74 bits per heavy atom. The molecular formula is C14H14FN3O. The molecule has 0 unspecified atom stereocenters. The number of nitrogens with zero attached hydrogens (tertiary/aromatic N) is 3. The summed E-state index contributed by atoms with van der Waals surface area (Å²) in [6.45, 7) is 0.504. The van der Waals surface area contributed by atoms with Crippen molar-refractivity contribution in [2.75, 3.05) is 7.05 Å². The molecule has 19 heavy (non-hydrogen) atoms. The highest BCUT2D eigenvalue weighted by molar-refractivity contribution is 5.76. The molecule has 1 aliphatic rings. The van der Waals surface area contributed by atoms with Crippen molar-refractivity contribution in [1.29, 1.82) is 0 Å². The van der Waals surface area contributed by atoms with E-state index in [1.54, 1.807) is 12.1 Å². The van der Waals surface area contributed by atoms with E-state index in [1.165, 1.54) is 12.1 Å². The van der Waals surface area contributed by atoms with Crippen molar-refractivity contribution in [2.24, 2.45) is 0 Å². The molecule has 2 heterocycles. The minimum atomic E-state index is -0.273. The van der Waals surface area contributed by atoms with Crippen LogP contribution >= 0.6 is 0 Å². The van der Waals surface area contributed by atoms with E-state index < -0.39 is 0 Å². The van der Waals surface area contributed by atoms with E-state index in [4.69, 9.17) is 0 Å². The molecule has 0 bridgehead atoms. The Balaban J connectivity index is 2.16. The lowest BCUT2D eigenvalue weighted by Crippen LogP contribution is -2.21. The van der Waals surface area contributed by atoms with Crippen LogP contribution in [-0.4, -0.2) is 26.8 Å². The fourth-order valence-electron chi connectivity index (χ4n) is 2.30. The fourth-order valence-corrected chi connectivity index (χ4v) is 2.30. The summed E-state index contributed by atoms with van der Waals surface area (Å²) in [5.41, 5.74) is 3.28. The Hall–Kier alpha value is -2.14. The van der Waals surface area contributed by atoms with Gasteiger partial charge in [-0.25, -0.2) is 9.07 Å². The van der Waals surface area contributed by atoms with Crippen LogP contribution < -0.4 is 0 Å². The van der Waals surface area contributed by atoms with Crippen LogP contribution in [0.3, 0.4) is 0 Å². The predicted octanol–water partition coefficient (Wildman–Crippen LogP) is 2.06. The summed E-state index contributed by atoms with van der Waals surface area (Å²) in [6, 6.07) is 6.25. The van der Waals surface area contributed by atoms with Gasteiger partial charge < -0.3 is 10.0 Å². The van der Waals surface area contributed by atoms with Crippen molar-refractivity contribution in [3.05, 3.63) is 47.7 Å². The summed E-state index contributed by atoms with van der Waals surface area (Å²) in [5.74, 6) is -0.273. The van der Waals surface area contributed by atoms with Crippen molar-refractivity contribution in [2.45, 2.75) is 13.3 Å². The number of benzene rings is 1. The Bertz CT molecular complexity index is 631. The highest BCUT2D eigenvalue weighted by atomic mass is 19.1. The van der Waals surface area contributed by atoms with Gasteiger partial charge in [-0.15, -0.1) is 0 Å². The lowest BCUT2D eigenvalue weighted by atomic mass is 10.0. The summed E-state index contributed by atoms with van der Waals surface area (Å²) < 4.78 is 14.8. The van der Waals surface area contributed by atoms with Crippen LogP contribution in [0, 0.1) is 5.82 Å². The van der Waals surface area contributed by atoms with Crippen molar-refractivity contribution in [1.82, 2.24) is 14.7 Å². The summed E-state index contributed by atoms with van der Waals surface area (Å²) in [4.78, 5) is 2.00. The zero-order valence-electron chi connectivity index (χ0n) is 10.5. The molecule has 0 saturated heterocycles. The predicted molar refractivity (Wildman–Crippen MR) is 70.3 cm³/mol. The van der Waals surface area contributed by atoms with Crippen LogP contribution in [-0.2, 0) is 13.3 Å². The topological polar surface area (TPSA) is 41.3 Å². The number of hydrogen-bond acceptors (Lipinski definition) is 3. The monoisotopic (exact) mass is 259 g/mol. The van der Waals surface area contributed by atoms with Gasteiger partial charge in [-0.1, -0.05) is 12.1 Å². The Kier molecular flexibility index (Phi) is 2.83. The molecule has 0 spiro atoms. The van der Waals surface area contributed by atoms with E-state index in [9.17, 15) is 9.50 Å². The fraction of sp³-hybridized carbons (Fsp3) is 0.214. The van der Waals surface area contributed by atoms with Crippen molar-refractivity contribution in [3.8, 4) is 11.1 Å². The SMILES string of the molecule is CN1C=Cc2c(-c3ccc(F)cc3)c(CO)nn2C1. The maximum Gasteiger partial charge on any atom is 0.123 e. The second kappa shape index (κ2) is 4.51. The molecule has 1 aromatic heterocycles. The van der Waals surface area contributed by atoms with Crippen LogP contribution in [0.2, 0.25) is 0 Å². The maximum absolute atomic E-state index is 13.0. The molecule has 0 aliphatic carbocycles. The van der Waals surface area contributed by atoms with Gasteiger partial charge in [0, 0.05) is 18.8 Å². The molecule has 1 N–H and O–H groups in total. The van der Waals surface area contributed by atoms with E-state index in [0.717, 1.165) is 16.8 Å². The van der Waals surface area contributed by atoms with Crippen LogP contribution in [0.1, 0.15) is 11.4 Å². The Morgan fingerprint density at radius 2 is 2.05 bits per heavy atom. The number of halogens is 1. The average Bonchev–Trinajstić information content (AvgIpc) is 2.77. The number of fused-ring (bicyclic) bond motifs is 1. The molecular weight excluding hydrogens is 245 g/mol. The number of aromatic nitrogens is 2. The van der Waals surface area contributed by atoms with Gasteiger partial charge in [-0.3, -0.25) is 0 Å². The summed E-state index contributed by atoms with van der Waals surface area (Å²) in [6.07, 6.45) is 3.92. The number of aliphatic hydroxyl groups is 1. The largest absolute Gasteiger partial charge is 0.390 e. The lowest BCUT2D eigenvalue weighted by molar-refractivity contribution is 0.271. The first-order valence-electron chi connectivity index (χ1n) is 6.04. The molecule has 1 aliphatic heterocycles. The van der Waals surface area contributed by atoms with Gasteiger partial charge in [0.15, 0.2) is 0 Å². The van der Waals surface area contributed by atoms with E-state index in [0.29, 0.717) is 12.4 Å². The highest BCUT2D eigenvalue weighted by Crippen LogP contribution is 2.30. The van der Waals surface area contributed by atoms with Gasteiger partial charge in [-0.2, -0.15) is 5.10 Å². The van der Waals surface area contributed by atoms with E-state index in [-0.39, 0.29) is 12.4 Å².